The van der Waals surface area contributed by atoms with E-state index >= 15 is 0 Å². The molecule has 1 rings (SSSR count). The van der Waals surface area contributed by atoms with Crippen molar-refractivity contribution in [3.8, 4) is 0 Å². The van der Waals surface area contributed by atoms with Gasteiger partial charge in [0, 0.05) is 19.1 Å². The van der Waals surface area contributed by atoms with Gasteiger partial charge in [-0.2, -0.15) is 4.31 Å². The molecule has 1 aliphatic heterocycles. The van der Waals surface area contributed by atoms with Crippen molar-refractivity contribution in [2.24, 2.45) is 5.41 Å². The van der Waals surface area contributed by atoms with Gasteiger partial charge >= 0.3 is 5.97 Å². The Morgan fingerprint density at radius 1 is 1.28 bits per heavy atom. The van der Waals surface area contributed by atoms with Crippen LogP contribution in [0, 0.1) is 5.41 Å². The van der Waals surface area contributed by atoms with E-state index in [0.717, 1.165) is 0 Å². The Labute approximate surface area is 109 Å². The molecule has 1 heterocycles. The molecule has 0 spiro atoms. The van der Waals surface area contributed by atoms with E-state index in [9.17, 15) is 13.2 Å². The number of nitrogens with zero attached hydrogens (tertiary/aromatic N) is 2. The zero-order valence-electron chi connectivity index (χ0n) is 11.6. The molecule has 1 atom stereocenters. The summed E-state index contributed by atoms with van der Waals surface area (Å²) in [7, 11) is -3.19. The zero-order valence-corrected chi connectivity index (χ0v) is 12.5. The maximum Gasteiger partial charge on any atom is 0.330 e. The van der Waals surface area contributed by atoms with Gasteiger partial charge in [-0.3, -0.25) is 0 Å². The number of carbonyl (C=O) groups is 1. The van der Waals surface area contributed by atoms with Crippen LogP contribution in [-0.2, 0) is 19.7 Å². The van der Waals surface area contributed by atoms with Crippen LogP contribution in [0.1, 0.15) is 27.7 Å². The monoisotopic (exact) mass is 278 g/mol. The number of carbonyl (C=O) groups excluding carboxylic acids is 1. The predicted molar refractivity (Wildman–Crippen MR) is 68.1 cm³/mol. The van der Waals surface area contributed by atoms with Crippen molar-refractivity contribution in [3.63, 3.8) is 0 Å². The SMILES string of the molecule is C[C@H]1CN(OC(=O)C(C)(C)C)CCN1S(C)(=O)=O. The van der Waals surface area contributed by atoms with Crippen LogP contribution in [0.15, 0.2) is 0 Å². The summed E-state index contributed by atoms with van der Waals surface area (Å²) in [4.78, 5) is 17.0. The third-order valence-corrected chi connectivity index (χ3v) is 4.17. The number of piperazine rings is 1. The fraction of sp³-hybridized carbons (Fsp3) is 0.909. The van der Waals surface area contributed by atoms with Crippen molar-refractivity contribution >= 4 is 16.0 Å². The van der Waals surface area contributed by atoms with Crippen LogP contribution in [0.2, 0.25) is 0 Å². The molecule has 0 amide bonds. The molecule has 0 unspecified atom stereocenters. The lowest BCUT2D eigenvalue weighted by Gasteiger charge is -2.37. The molecule has 7 heteroatoms. The topological polar surface area (TPSA) is 66.9 Å². The Morgan fingerprint density at radius 2 is 1.83 bits per heavy atom. The number of rotatable bonds is 2. The summed E-state index contributed by atoms with van der Waals surface area (Å²) in [6.45, 7) is 8.30. The molecule has 0 aromatic rings. The van der Waals surface area contributed by atoms with Gasteiger partial charge < -0.3 is 4.84 Å². The predicted octanol–water partition coefficient (Wildman–Crippen LogP) is 0.456. The lowest BCUT2D eigenvalue weighted by Crippen LogP contribution is -2.54. The third-order valence-electron chi connectivity index (χ3n) is 2.78. The number of hydrogen-bond acceptors (Lipinski definition) is 5. The molecule has 106 valence electrons. The number of hydrogen-bond donors (Lipinski definition) is 0. The Bertz CT molecular complexity index is 413. The minimum Gasteiger partial charge on any atom is -0.367 e. The smallest absolute Gasteiger partial charge is 0.330 e. The van der Waals surface area contributed by atoms with Crippen molar-refractivity contribution in [2.75, 3.05) is 25.9 Å². The lowest BCUT2D eigenvalue weighted by atomic mass is 9.98. The first-order valence-electron chi connectivity index (χ1n) is 5.96. The molecule has 0 aromatic heterocycles. The van der Waals surface area contributed by atoms with Crippen LogP contribution in [0.5, 0.6) is 0 Å². The van der Waals surface area contributed by atoms with E-state index in [2.05, 4.69) is 0 Å². The van der Waals surface area contributed by atoms with Gasteiger partial charge in [0.1, 0.15) is 0 Å². The van der Waals surface area contributed by atoms with Crippen LogP contribution >= 0.6 is 0 Å². The van der Waals surface area contributed by atoms with Crippen molar-refractivity contribution in [3.05, 3.63) is 0 Å². The van der Waals surface area contributed by atoms with Gasteiger partial charge in [-0.15, -0.1) is 5.06 Å². The molecule has 1 fully saturated rings. The Kier molecular flexibility index (Phi) is 4.40. The van der Waals surface area contributed by atoms with Crippen LogP contribution in [0.25, 0.3) is 0 Å². The van der Waals surface area contributed by atoms with Gasteiger partial charge in [-0.25, -0.2) is 13.2 Å². The molecule has 0 bridgehead atoms. The first kappa shape index (κ1) is 15.4. The molecular weight excluding hydrogens is 256 g/mol. The fourth-order valence-corrected chi connectivity index (χ4v) is 2.87. The normalized spacial score (nSPS) is 23.9. The van der Waals surface area contributed by atoms with Gasteiger partial charge in [-0.1, -0.05) is 0 Å². The Balaban J connectivity index is 2.60. The fourth-order valence-electron chi connectivity index (χ4n) is 1.74. The van der Waals surface area contributed by atoms with E-state index in [1.807, 2.05) is 0 Å². The Hall–Kier alpha value is -0.660. The zero-order chi connectivity index (χ0) is 14.1. The molecule has 0 N–H and O–H groups in total. The highest BCUT2D eigenvalue weighted by atomic mass is 32.2. The summed E-state index contributed by atoms with van der Waals surface area (Å²) in [5.41, 5.74) is -0.558. The second-order valence-electron chi connectivity index (χ2n) is 5.74. The minimum atomic E-state index is -3.19. The maximum absolute atomic E-state index is 11.7. The van der Waals surface area contributed by atoms with Gasteiger partial charge in [0.05, 0.1) is 18.2 Å². The van der Waals surface area contributed by atoms with E-state index in [-0.39, 0.29) is 12.0 Å². The summed E-state index contributed by atoms with van der Waals surface area (Å²) < 4.78 is 24.4. The van der Waals surface area contributed by atoms with Crippen LogP contribution in [0.4, 0.5) is 0 Å². The first-order valence-corrected chi connectivity index (χ1v) is 7.81. The highest BCUT2D eigenvalue weighted by Crippen LogP contribution is 2.19. The van der Waals surface area contributed by atoms with Crippen molar-refractivity contribution in [2.45, 2.75) is 33.7 Å². The second kappa shape index (κ2) is 5.14. The highest BCUT2D eigenvalue weighted by molar-refractivity contribution is 7.88. The van der Waals surface area contributed by atoms with Gasteiger partial charge in [0.15, 0.2) is 0 Å². The average Bonchev–Trinajstić information content (AvgIpc) is 2.13. The minimum absolute atomic E-state index is 0.193. The summed E-state index contributed by atoms with van der Waals surface area (Å²) in [6.07, 6.45) is 1.19. The van der Waals surface area contributed by atoms with Crippen molar-refractivity contribution in [1.82, 2.24) is 9.37 Å². The summed E-state index contributed by atoms with van der Waals surface area (Å²) in [5, 5.41) is 1.54. The average molecular weight is 278 g/mol. The van der Waals surface area contributed by atoms with E-state index in [1.165, 1.54) is 10.6 Å². The third kappa shape index (κ3) is 3.93. The van der Waals surface area contributed by atoms with E-state index in [0.29, 0.717) is 19.6 Å². The highest BCUT2D eigenvalue weighted by Gasteiger charge is 2.33. The number of hydroxylamine groups is 2. The van der Waals surface area contributed by atoms with E-state index in [4.69, 9.17) is 4.84 Å². The molecule has 0 aromatic carbocycles. The Morgan fingerprint density at radius 3 is 2.22 bits per heavy atom. The van der Waals surface area contributed by atoms with Gasteiger partial charge in [0.2, 0.25) is 10.0 Å². The molecule has 1 aliphatic rings. The lowest BCUT2D eigenvalue weighted by molar-refractivity contribution is -0.207. The van der Waals surface area contributed by atoms with Crippen molar-refractivity contribution < 1.29 is 18.0 Å². The van der Waals surface area contributed by atoms with Crippen molar-refractivity contribution in [1.29, 1.82) is 0 Å². The maximum atomic E-state index is 11.7. The van der Waals surface area contributed by atoms with Crippen LogP contribution in [0.3, 0.4) is 0 Å². The van der Waals surface area contributed by atoms with Crippen LogP contribution < -0.4 is 0 Å². The van der Waals surface area contributed by atoms with Gasteiger partial charge in [-0.05, 0) is 27.7 Å². The first-order chi connectivity index (χ1) is 8.01. The largest absolute Gasteiger partial charge is 0.367 e. The molecule has 0 radical (unpaired) electrons. The second-order valence-corrected chi connectivity index (χ2v) is 7.67. The molecular formula is C11H22N2O4S. The molecule has 6 nitrogen and oxygen atoms in total. The summed E-state index contributed by atoms with van der Waals surface area (Å²) in [6, 6.07) is -0.193. The molecule has 0 aliphatic carbocycles. The summed E-state index contributed by atoms with van der Waals surface area (Å²) in [5.74, 6) is -0.303. The van der Waals surface area contributed by atoms with Crippen LogP contribution in [-0.4, -0.2) is 55.7 Å². The van der Waals surface area contributed by atoms with E-state index < -0.39 is 15.4 Å². The standard InChI is InChI=1S/C11H22N2O4S/c1-9-8-12(17-10(14)11(2,3)4)6-7-13(9)18(5,15)16/h9H,6-8H2,1-5H3/t9-/m0/s1. The molecule has 1 saturated heterocycles. The van der Waals surface area contributed by atoms with Gasteiger partial charge in [0.25, 0.3) is 0 Å². The number of sulfonamides is 1. The molecule has 18 heavy (non-hydrogen) atoms. The van der Waals surface area contributed by atoms with E-state index in [1.54, 1.807) is 32.8 Å². The quantitative estimate of drug-likeness (QED) is 0.734. The molecule has 0 saturated carbocycles. The summed E-state index contributed by atoms with van der Waals surface area (Å²) >= 11 is 0.